The third-order valence-corrected chi connectivity index (χ3v) is 4.43. The fourth-order valence-electron chi connectivity index (χ4n) is 2.85. The topological polar surface area (TPSA) is 42.9 Å². The third kappa shape index (κ3) is 7.45. The normalized spacial score (nSPS) is 19.4. The average molecular weight is 463 g/mol. The lowest BCUT2D eigenvalue weighted by Crippen LogP contribution is -2.51. The van der Waals surface area contributed by atoms with Gasteiger partial charge in [0.05, 0.1) is 6.54 Å². The van der Waals surface area contributed by atoms with E-state index in [0.29, 0.717) is 19.0 Å². The lowest BCUT2D eigenvalue weighted by Gasteiger charge is -2.36. The van der Waals surface area contributed by atoms with E-state index in [1.807, 2.05) is 12.1 Å². The molecule has 1 unspecified atom stereocenters. The minimum atomic E-state index is -0.145. The summed E-state index contributed by atoms with van der Waals surface area (Å²) >= 11 is 0. The molecule has 1 aromatic carbocycles. The van der Waals surface area contributed by atoms with E-state index in [4.69, 9.17) is 4.99 Å². The molecule has 1 aliphatic heterocycles. The number of aliphatic imine (C=N–C) groups is 1. The number of nitrogens with zero attached hydrogens (tertiary/aromatic N) is 3. The van der Waals surface area contributed by atoms with Gasteiger partial charge in [-0.25, -0.2) is 4.39 Å². The van der Waals surface area contributed by atoms with Crippen molar-refractivity contribution < 1.29 is 4.39 Å². The summed E-state index contributed by atoms with van der Waals surface area (Å²) in [6, 6.07) is 7.35. The van der Waals surface area contributed by atoms with E-state index >= 15 is 0 Å². The van der Waals surface area contributed by atoms with Gasteiger partial charge in [0.25, 0.3) is 0 Å². The minimum Gasteiger partial charge on any atom is -0.357 e. The van der Waals surface area contributed by atoms with Gasteiger partial charge in [-0.1, -0.05) is 18.2 Å². The van der Waals surface area contributed by atoms with Crippen LogP contribution in [0.15, 0.2) is 29.3 Å². The fraction of sp³-hybridized carbons (Fsp3) is 0.611. The maximum atomic E-state index is 13.6. The van der Waals surface area contributed by atoms with Gasteiger partial charge < -0.3 is 15.5 Å². The van der Waals surface area contributed by atoms with Crippen molar-refractivity contribution in [1.82, 2.24) is 20.4 Å². The van der Waals surface area contributed by atoms with Crippen LogP contribution in [0.1, 0.15) is 12.5 Å². The predicted molar refractivity (Wildman–Crippen MR) is 113 cm³/mol. The first-order chi connectivity index (χ1) is 11.6. The number of piperazine rings is 1. The first kappa shape index (κ1) is 22.1. The van der Waals surface area contributed by atoms with Crippen LogP contribution in [-0.2, 0) is 6.42 Å². The second-order valence-electron chi connectivity index (χ2n) is 6.38. The van der Waals surface area contributed by atoms with Crippen LogP contribution in [-0.4, -0.2) is 75.2 Å². The van der Waals surface area contributed by atoms with Gasteiger partial charge in [0.2, 0.25) is 0 Å². The Morgan fingerprint density at radius 2 is 2.00 bits per heavy atom. The second-order valence-corrected chi connectivity index (χ2v) is 6.38. The van der Waals surface area contributed by atoms with E-state index in [0.717, 1.165) is 44.2 Å². The maximum Gasteiger partial charge on any atom is 0.191 e. The van der Waals surface area contributed by atoms with Crippen LogP contribution in [0.25, 0.3) is 0 Å². The van der Waals surface area contributed by atoms with E-state index < -0.39 is 0 Å². The highest BCUT2D eigenvalue weighted by molar-refractivity contribution is 14.0. The van der Waals surface area contributed by atoms with Crippen LogP contribution in [0.5, 0.6) is 0 Å². The number of rotatable bonds is 6. The van der Waals surface area contributed by atoms with E-state index in [-0.39, 0.29) is 29.8 Å². The molecule has 142 valence electrons. The molecule has 0 amide bonds. The Labute approximate surface area is 168 Å². The number of nitrogens with one attached hydrogen (secondary N) is 2. The summed E-state index contributed by atoms with van der Waals surface area (Å²) in [7, 11) is 4.31. The summed E-state index contributed by atoms with van der Waals surface area (Å²) in [6.45, 7) is 7.50. The molecule has 5 nitrogen and oxygen atoms in total. The Bertz CT molecular complexity index is 540. The third-order valence-electron chi connectivity index (χ3n) is 4.43. The molecule has 0 spiro atoms. The Balaban J connectivity index is 0.00000312. The summed E-state index contributed by atoms with van der Waals surface area (Å²) in [4.78, 5) is 9.42. The van der Waals surface area contributed by atoms with Gasteiger partial charge in [0.15, 0.2) is 5.96 Å². The SMILES string of the molecule is CCNC(=NCC1CN(C)CCN1C)NCCc1ccccc1F.I. The Kier molecular flexibility index (Phi) is 10.3. The minimum absolute atomic E-state index is 0. The number of halogens is 2. The highest BCUT2D eigenvalue weighted by Gasteiger charge is 2.21. The Hall–Kier alpha value is -0.930. The van der Waals surface area contributed by atoms with E-state index in [1.54, 1.807) is 6.07 Å². The second kappa shape index (κ2) is 11.6. The first-order valence-electron chi connectivity index (χ1n) is 8.74. The van der Waals surface area contributed by atoms with Crippen LogP contribution in [0, 0.1) is 5.82 Å². The molecule has 0 bridgehead atoms. The molecule has 2 rings (SSSR count). The highest BCUT2D eigenvalue weighted by Crippen LogP contribution is 2.07. The van der Waals surface area contributed by atoms with Crippen molar-refractivity contribution in [1.29, 1.82) is 0 Å². The molecule has 0 saturated carbocycles. The van der Waals surface area contributed by atoms with Gasteiger partial charge in [-0.05, 0) is 39.1 Å². The molecule has 1 aliphatic rings. The molecule has 0 aliphatic carbocycles. The molecule has 1 saturated heterocycles. The average Bonchev–Trinajstić information content (AvgIpc) is 2.57. The summed E-state index contributed by atoms with van der Waals surface area (Å²) in [6.07, 6.45) is 0.642. The zero-order valence-electron chi connectivity index (χ0n) is 15.5. The number of hydrogen-bond donors (Lipinski definition) is 2. The predicted octanol–water partition coefficient (Wildman–Crippen LogP) is 1.79. The summed E-state index contributed by atoms with van der Waals surface area (Å²) in [5, 5.41) is 6.56. The molecule has 25 heavy (non-hydrogen) atoms. The van der Waals surface area contributed by atoms with E-state index in [9.17, 15) is 4.39 Å². The first-order valence-corrected chi connectivity index (χ1v) is 8.74. The quantitative estimate of drug-likeness (QED) is 0.384. The van der Waals surface area contributed by atoms with Crippen LogP contribution >= 0.6 is 24.0 Å². The smallest absolute Gasteiger partial charge is 0.191 e. The van der Waals surface area contributed by atoms with Crippen molar-refractivity contribution in [3.63, 3.8) is 0 Å². The zero-order valence-corrected chi connectivity index (χ0v) is 17.8. The van der Waals surface area contributed by atoms with Crippen molar-refractivity contribution in [3.05, 3.63) is 35.6 Å². The van der Waals surface area contributed by atoms with E-state index in [1.165, 1.54) is 6.07 Å². The number of benzene rings is 1. The molecule has 1 aromatic rings. The van der Waals surface area contributed by atoms with Gasteiger partial charge in [-0.15, -0.1) is 24.0 Å². The molecular formula is C18H31FIN5. The summed E-state index contributed by atoms with van der Waals surface area (Å²) < 4.78 is 13.6. The van der Waals surface area contributed by atoms with Crippen molar-refractivity contribution >= 4 is 29.9 Å². The standard InChI is InChI=1S/C18H30FN5.HI/c1-4-20-18(21-10-9-15-7-5-6-8-17(15)19)22-13-16-14-23(2)11-12-24(16)3;/h5-8,16H,4,9-14H2,1-3H3,(H2,20,21,22);1H. The van der Waals surface area contributed by atoms with Crippen molar-refractivity contribution in [2.75, 3.05) is 53.4 Å². The Morgan fingerprint density at radius 1 is 1.24 bits per heavy atom. The largest absolute Gasteiger partial charge is 0.357 e. The van der Waals surface area contributed by atoms with Crippen molar-refractivity contribution in [2.45, 2.75) is 19.4 Å². The van der Waals surface area contributed by atoms with Crippen LogP contribution in [0.3, 0.4) is 0 Å². The van der Waals surface area contributed by atoms with Gasteiger partial charge in [0, 0.05) is 38.8 Å². The molecule has 1 heterocycles. The van der Waals surface area contributed by atoms with Gasteiger partial charge in [-0.2, -0.15) is 0 Å². The van der Waals surface area contributed by atoms with Gasteiger partial charge >= 0.3 is 0 Å². The zero-order chi connectivity index (χ0) is 17.4. The molecule has 1 fully saturated rings. The molecular weight excluding hydrogens is 432 g/mol. The van der Waals surface area contributed by atoms with Gasteiger partial charge in [-0.3, -0.25) is 9.89 Å². The van der Waals surface area contributed by atoms with Crippen molar-refractivity contribution in [2.24, 2.45) is 4.99 Å². The Morgan fingerprint density at radius 3 is 2.72 bits per heavy atom. The lowest BCUT2D eigenvalue weighted by atomic mass is 10.1. The fourth-order valence-corrected chi connectivity index (χ4v) is 2.85. The number of likely N-dealkylation sites (N-methyl/N-ethyl adjacent to an activating group) is 2. The molecule has 1 atom stereocenters. The highest BCUT2D eigenvalue weighted by atomic mass is 127. The summed E-state index contributed by atoms with van der Waals surface area (Å²) in [5.41, 5.74) is 0.731. The molecule has 2 N–H and O–H groups in total. The molecule has 0 aromatic heterocycles. The number of hydrogen-bond acceptors (Lipinski definition) is 3. The summed E-state index contributed by atoms with van der Waals surface area (Å²) in [5.74, 6) is 0.656. The molecule has 7 heteroatoms. The monoisotopic (exact) mass is 463 g/mol. The maximum absolute atomic E-state index is 13.6. The lowest BCUT2D eigenvalue weighted by molar-refractivity contribution is 0.119. The van der Waals surface area contributed by atoms with E-state index in [2.05, 4.69) is 41.5 Å². The van der Waals surface area contributed by atoms with Gasteiger partial charge in [0.1, 0.15) is 5.82 Å². The van der Waals surface area contributed by atoms with Crippen LogP contribution < -0.4 is 10.6 Å². The number of guanidine groups is 1. The van der Waals surface area contributed by atoms with Crippen molar-refractivity contribution in [3.8, 4) is 0 Å². The van der Waals surface area contributed by atoms with Crippen LogP contribution in [0.2, 0.25) is 0 Å². The molecule has 0 radical (unpaired) electrons. The van der Waals surface area contributed by atoms with Crippen LogP contribution in [0.4, 0.5) is 4.39 Å².